The SMILES string of the molecule is COc1ccc(COC(C)(CC=O)CCC(=O)O)cc1. The quantitative estimate of drug-likeness (QED) is 0.703. The van der Waals surface area contributed by atoms with E-state index in [-0.39, 0.29) is 12.8 Å². The topological polar surface area (TPSA) is 72.8 Å². The average Bonchev–Trinajstić information content (AvgIpc) is 2.44. The van der Waals surface area contributed by atoms with Crippen molar-refractivity contribution in [2.45, 2.75) is 38.4 Å². The van der Waals surface area contributed by atoms with Gasteiger partial charge in [0.1, 0.15) is 12.0 Å². The van der Waals surface area contributed by atoms with Gasteiger partial charge in [0.05, 0.1) is 19.3 Å². The summed E-state index contributed by atoms with van der Waals surface area (Å²) in [5.41, 5.74) is 0.193. The number of aldehydes is 1. The van der Waals surface area contributed by atoms with Crippen LogP contribution in [0.3, 0.4) is 0 Å². The van der Waals surface area contributed by atoms with Crippen molar-refractivity contribution in [3.63, 3.8) is 0 Å². The molecule has 5 heteroatoms. The van der Waals surface area contributed by atoms with E-state index in [1.54, 1.807) is 14.0 Å². The largest absolute Gasteiger partial charge is 0.497 e. The first-order valence-electron chi connectivity index (χ1n) is 6.41. The second kappa shape index (κ2) is 7.65. The summed E-state index contributed by atoms with van der Waals surface area (Å²) >= 11 is 0. The third kappa shape index (κ3) is 5.40. The van der Waals surface area contributed by atoms with Gasteiger partial charge in [0.25, 0.3) is 0 Å². The Hall–Kier alpha value is -1.88. The van der Waals surface area contributed by atoms with E-state index < -0.39 is 11.6 Å². The Kier molecular flexibility index (Phi) is 6.18. The van der Waals surface area contributed by atoms with Crippen molar-refractivity contribution < 1.29 is 24.2 Å². The first kappa shape index (κ1) is 16.2. The number of hydrogen-bond donors (Lipinski definition) is 1. The lowest BCUT2D eigenvalue weighted by Crippen LogP contribution is -2.30. The van der Waals surface area contributed by atoms with Gasteiger partial charge in [0.2, 0.25) is 0 Å². The maximum atomic E-state index is 10.7. The molecule has 1 unspecified atom stereocenters. The van der Waals surface area contributed by atoms with Crippen LogP contribution in [0, 0.1) is 0 Å². The minimum atomic E-state index is -0.893. The van der Waals surface area contributed by atoms with Crippen molar-refractivity contribution in [3.05, 3.63) is 29.8 Å². The van der Waals surface area contributed by atoms with Crippen LogP contribution in [-0.4, -0.2) is 30.1 Å². The highest BCUT2D eigenvalue weighted by Crippen LogP contribution is 2.23. The number of carboxylic acids is 1. The van der Waals surface area contributed by atoms with Crippen LogP contribution < -0.4 is 4.74 Å². The number of ether oxygens (including phenoxy) is 2. The summed E-state index contributed by atoms with van der Waals surface area (Å²) in [4.78, 5) is 21.4. The van der Waals surface area contributed by atoms with Gasteiger partial charge in [-0.25, -0.2) is 0 Å². The lowest BCUT2D eigenvalue weighted by Gasteiger charge is -2.27. The number of aliphatic carboxylic acids is 1. The van der Waals surface area contributed by atoms with Gasteiger partial charge in [-0.05, 0) is 31.0 Å². The molecule has 1 aromatic rings. The zero-order valence-corrected chi connectivity index (χ0v) is 11.8. The smallest absolute Gasteiger partial charge is 0.303 e. The van der Waals surface area contributed by atoms with Crippen LogP contribution in [0.25, 0.3) is 0 Å². The molecular weight excluding hydrogens is 260 g/mol. The molecule has 0 aliphatic rings. The molecule has 0 radical (unpaired) electrons. The van der Waals surface area contributed by atoms with Crippen LogP contribution in [-0.2, 0) is 20.9 Å². The zero-order valence-electron chi connectivity index (χ0n) is 11.8. The van der Waals surface area contributed by atoms with Gasteiger partial charge in [-0.2, -0.15) is 0 Å². The maximum absolute atomic E-state index is 10.7. The van der Waals surface area contributed by atoms with E-state index in [0.29, 0.717) is 13.0 Å². The fraction of sp³-hybridized carbons (Fsp3) is 0.467. The molecule has 0 bridgehead atoms. The lowest BCUT2D eigenvalue weighted by molar-refractivity contribution is -0.140. The van der Waals surface area contributed by atoms with E-state index in [1.807, 2.05) is 24.3 Å². The lowest BCUT2D eigenvalue weighted by atomic mass is 9.96. The standard InChI is InChI=1S/C15H20O5/c1-15(9-10-16,8-7-14(17)18)20-11-12-3-5-13(19-2)6-4-12/h3-6,10H,7-9,11H2,1-2H3,(H,17,18). The highest BCUT2D eigenvalue weighted by Gasteiger charge is 2.25. The van der Waals surface area contributed by atoms with E-state index in [9.17, 15) is 9.59 Å². The van der Waals surface area contributed by atoms with Crippen LogP contribution in [0.4, 0.5) is 0 Å². The Balaban J connectivity index is 2.60. The molecule has 0 heterocycles. The van der Waals surface area contributed by atoms with Crippen LogP contribution in [0.5, 0.6) is 5.75 Å². The van der Waals surface area contributed by atoms with Crippen LogP contribution in [0.2, 0.25) is 0 Å². The third-order valence-electron chi connectivity index (χ3n) is 3.13. The van der Waals surface area contributed by atoms with E-state index in [1.165, 1.54) is 0 Å². The minimum Gasteiger partial charge on any atom is -0.497 e. The van der Waals surface area contributed by atoms with Gasteiger partial charge >= 0.3 is 5.97 Å². The Labute approximate surface area is 118 Å². The second-order valence-corrected chi connectivity index (χ2v) is 4.85. The molecule has 5 nitrogen and oxygen atoms in total. The van der Waals surface area contributed by atoms with Crippen molar-refractivity contribution in [2.24, 2.45) is 0 Å². The molecular formula is C15H20O5. The van der Waals surface area contributed by atoms with E-state index in [4.69, 9.17) is 14.6 Å². The highest BCUT2D eigenvalue weighted by atomic mass is 16.5. The summed E-state index contributed by atoms with van der Waals surface area (Å²) < 4.78 is 10.8. The number of carboxylic acid groups (broad SMARTS) is 1. The number of methoxy groups -OCH3 is 1. The Morgan fingerprint density at radius 3 is 2.50 bits per heavy atom. The first-order chi connectivity index (χ1) is 9.49. The molecule has 1 aromatic carbocycles. The van der Waals surface area contributed by atoms with E-state index >= 15 is 0 Å². The maximum Gasteiger partial charge on any atom is 0.303 e. The fourth-order valence-corrected chi connectivity index (χ4v) is 1.76. The van der Waals surface area contributed by atoms with E-state index in [2.05, 4.69) is 0 Å². The van der Waals surface area contributed by atoms with Gasteiger partial charge in [0.15, 0.2) is 0 Å². The minimum absolute atomic E-state index is 0.0209. The first-order valence-corrected chi connectivity index (χ1v) is 6.41. The average molecular weight is 280 g/mol. The molecule has 0 aliphatic heterocycles. The van der Waals surface area contributed by atoms with Crippen molar-refractivity contribution in [1.29, 1.82) is 0 Å². The predicted octanol–water partition coefficient (Wildman–Crippen LogP) is 2.42. The molecule has 20 heavy (non-hydrogen) atoms. The molecule has 1 rings (SSSR count). The van der Waals surface area contributed by atoms with Gasteiger partial charge < -0.3 is 19.4 Å². The summed E-state index contributed by atoms with van der Waals surface area (Å²) in [6, 6.07) is 7.40. The summed E-state index contributed by atoms with van der Waals surface area (Å²) in [7, 11) is 1.60. The monoisotopic (exact) mass is 280 g/mol. The summed E-state index contributed by atoms with van der Waals surface area (Å²) in [6.07, 6.45) is 1.22. The fourth-order valence-electron chi connectivity index (χ4n) is 1.76. The Morgan fingerprint density at radius 1 is 1.35 bits per heavy atom. The van der Waals surface area contributed by atoms with E-state index in [0.717, 1.165) is 17.6 Å². The molecule has 0 spiro atoms. The highest BCUT2D eigenvalue weighted by molar-refractivity contribution is 5.66. The molecule has 0 aromatic heterocycles. The van der Waals surface area contributed by atoms with Crippen molar-refractivity contribution in [2.75, 3.05) is 7.11 Å². The van der Waals surface area contributed by atoms with Gasteiger partial charge in [0, 0.05) is 12.8 Å². The third-order valence-corrected chi connectivity index (χ3v) is 3.13. The van der Waals surface area contributed by atoms with Crippen molar-refractivity contribution in [3.8, 4) is 5.75 Å². The molecule has 0 fully saturated rings. The van der Waals surface area contributed by atoms with Crippen molar-refractivity contribution in [1.82, 2.24) is 0 Å². The summed E-state index contributed by atoms with van der Waals surface area (Å²) in [5, 5.41) is 8.73. The second-order valence-electron chi connectivity index (χ2n) is 4.85. The zero-order chi connectivity index (χ0) is 15.0. The Bertz CT molecular complexity index is 440. The number of benzene rings is 1. The number of hydrogen-bond acceptors (Lipinski definition) is 4. The van der Waals surface area contributed by atoms with Crippen LogP contribution in [0.15, 0.2) is 24.3 Å². The number of carbonyl (C=O) groups excluding carboxylic acids is 1. The molecule has 0 amide bonds. The van der Waals surface area contributed by atoms with Gasteiger partial charge in [-0.3, -0.25) is 4.79 Å². The normalized spacial score (nSPS) is 13.5. The molecule has 1 N–H and O–H groups in total. The Morgan fingerprint density at radius 2 is 2.00 bits per heavy atom. The predicted molar refractivity (Wildman–Crippen MR) is 73.7 cm³/mol. The molecule has 0 aliphatic carbocycles. The summed E-state index contributed by atoms with van der Waals surface area (Å²) in [6.45, 7) is 2.09. The number of rotatable bonds is 9. The van der Waals surface area contributed by atoms with Gasteiger partial charge in [-0.1, -0.05) is 12.1 Å². The van der Waals surface area contributed by atoms with Crippen molar-refractivity contribution >= 4 is 12.3 Å². The van der Waals surface area contributed by atoms with Crippen LogP contribution in [0.1, 0.15) is 31.7 Å². The molecule has 0 saturated carbocycles. The van der Waals surface area contributed by atoms with Crippen LogP contribution >= 0.6 is 0 Å². The summed E-state index contributed by atoms with van der Waals surface area (Å²) in [5.74, 6) is -0.134. The molecule has 0 saturated heterocycles. The number of carbonyl (C=O) groups is 2. The molecule has 110 valence electrons. The molecule has 1 atom stereocenters. The van der Waals surface area contributed by atoms with Gasteiger partial charge in [-0.15, -0.1) is 0 Å².